The second-order valence-corrected chi connectivity index (χ2v) is 5.65. The number of alkyl halides is 3. The van der Waals surface area contributed by atoms with Gasteiger partial charge in [0.25, 0.3) is 0 Å². The van der Waals surface area contributed by atoms with Crippen LogP contribution in [-0.4, -0.2) is 29.3 Å². The average Bonchev–Trinajstić information content (AvgIpc) is 2.38. The Morgan fingerprint density at radius 1 is 1.42 bits per heavy atom. The lowest BCUT2D eigenvalue weighted by Gasteiger charge is -2.28. The highest BCUT2D eigenvalue weighted by Crippen LogP contribution is 2.33. The largest absolute Gasteiger partial charge is 0.416 e. The van der Waals surface area contributed by atoms with Crippen molar-refractivity contribution in [2.24, 2.45) is 0 Å². The molecule has 1 aliphatic rings. The third-order valence-corrected chi connectivity index (χ3v) is 4.13. The highest BCUT2D eigenvalue weighted by molar-refractivity contribution is 7.99. The molecule has 1 fully saturated rings. The van der Waals surface area contributed by atoms with Crippen LogP contribution in [0.3, 0.4) is 0 Å². The van der Waals surface area contributed by atoms with Gasteiger partial charge in [0.15, 0.2) is 0 Å². The smallest absolute Gasteiger partial charge is 0.386 e. The summed E-state index contributed by atoms with van der Waals surface area (Å²) in [5, 5.41) is 10.2. The van der Waals surface area contributed by atoms with E-state index < -0.39 is 17.8 Å². The normalized spacial score (nSPS) is 22.3. The molecule has 0 radical (unpaired) electrons. The van der Waals surface area contributed by atoms with E-state index in [1.165, 1.54) is 6.07 Å². The predicted octanol–water partition coefficient (Wildman–Crippen LogP) is 3.18. The molecule has 2 atom stereocenters. The van der Waals surface area contributed by atoms with Gasteiger partial charge in [0, 0.05) is 11.5 Å². The standard InChI is InChI=1S/C13H15F3O2S/c1-8-6-9(13(14,15)16)2-3-10(8)12(17)11-7-19-5-4-18-11/h2-3,6,11-12,17H,4-5,7H2,1H3. The lowest BCUT2D eigenvalue weighted by Crippen LogP contribution is -2.30. The Hall–Kier alpha value is -0.720. The molecular weight excluding hydrogens is 277 g/mol. The minimum Gasteiger partial charge on any atom is -0.386 e. The third-order valence-electron chi connectivity index (χ3n) is 3.11. The zero-order valence-electron chi connectivity index (χ0n) is 10.4. The first kappa shape index (κ1) is 14.7. The SMILES string of the molecule is Cc1cc(C(F)(F)F)ccc1C(O)C1CSCCO1. The zero-order chi connectivity index (χ0) is 14.0. The summed E-state index contributed by atoms with van der Waals surface area (Å²) in [6.45, 7) is 2.13. The van der Waals surface area contributed by atoms with Crippen LogP contribution < -0.4 is 0 Å². The number of hydrogen-bond acceptors (Lipinski definition) is 3. The number of benzene rings is 1. The number of rotatable bonds is 2. The second kappa shape index (κ2) is 5.73. The fourth-order valence-corrected chi connectivity index (χ4v) is 2.96. The number of hydrogen-bond donors (Lipinski definition) is 1. The first-order valence-corrected chi connectivity index (χ1v) is 7.10. The van der Waals surface area contributed by atoms with Gasteiger partial charge in [-0.25, -0.2) is 0 Å². The molecule has 2 unspecified atom stereocenters. The van der Waals surface area contributed by atoms with Gasteiger partial charge in [-0.1, -0.05) is 6.07 Å². The Kier molecular flexibility index (Phi) is 4.43. The minimum atomic E-state index is -4.36. The van der Waals surface area contributed by atoms with E-state index in [-0.39, 0.29) is 6.10 Å². The highest BCUT2D eigenvalue weighted by atomic mass is 32.2. The molecule has 106 valence electrons. The van der Waals surface area contributed by atoms with Crippen LogP contribution in [0, 0.1) is 6.92 Å². The van der Waals surface area contributed by atoms with E-state index in [2.05, 4.69) is 0 Å². The first-order valence-electron chi connectivity index (χ1n) is 5.95. The van der Waals surface area contributed by atoms with Gasteiger partial charge in [-0.15, -0.1) is 0 Å². The van der Waals surface area contributed by atoms with E-state index in [1.54, 1.807) is 18.7 Å². The maximum absolute atomic E-state index is 12.6. The maximum atomic E-state index is 12.6. The van der Waals surface area contributed by atoms with Crippen molar-refractivity contribution < 1.29 is 23.0 Å². The number of ether oxygens (including phenoxy) is 1. The van der Waals surface area contributed by atoms with Crippen LogP contribution in [0.15, 0.2) is 18.2 Å². The molecule has 6 heteroatoms. The molecule has 0 aliphatic carbocycles. The van der Waals surface area contributed by atoms with E-state index >= 15 is 0 Å². The summed E-state index contributed by atoms with van der Waals surface area (Å²) in [6.07, 6.45) is -5.59. The Morgan fingerprint density at radius 3 is 2.68 bits per heavy atom. The molecule has 19 heavy (non-hydrogen) atoms. The topological polar surface area (TPSA) is 29.5 Å². The van der Waals surface area contributed by atoms with Crippen molar-refractivity contribution in [2.75, 3.05) is 18.1 Å². The van der Waals surface area contributed by atoms with Gasteiger partial charge >= 0.3 is 6.18 Å². The lowest BCUT2D eigenvalue weighted by molar-refractivity contribution is -0.137. The van der Waals surface area contributed by atoms with Crippen LogP contribution in [0.2, 0.25) is 0 Å². The quantitative estimate of drug-likeness (QED) is 0.908. The molecule has 1 aliphatic heterocycles. The molecular formula is C13H15F3O2S. The van der Waals surface area contributed by atoms with Crippen molar-refractivity contribution in [1.29, 1.82) is 0 Å². The van der Waals surface area contributed by atoms with Crippen LogP contribution in [0.25, 0.3) is 0 Å². The van der Waals surface area contributed by atoms with E-state index in [0.717, 1.165) is 17.9 Å². The number of aliphatic hydroxyl groups excluding tert-OH is 1. The Balaban J connectivity index is 2.20. The van der Waals surface area contributed by atoms with Crippen LogP contribution >= 0.6 is 11.8 Å². The van der Waals surface area contributed by atoms with Gasteiger partial charge in [0.05, 0.1) is 18.3 Å². The van der Waals surface area contributed by atoms with Crippen LogP contribution in [0.5, 0.6) is 0 Å². The Bertz CT molecular complexity index is 442. The summed E-state index contributed by atoms with van der Waals surface area (Å²) in [4.78, 5) is 0. The van der Waals surface area contributed by atoms with Gasteiger partial charge in [-0.2, -0.15) is 24.9 Å². The average molecular weight is 292 g/mol. The lowest BCUT2D eigenvalue weighted by atomic mass is 9.97. The summed E-state index contributed by atoms with van der Waals surface area (Å²) in [6, 6.07) is 3.40. The molecule has 2 rings (SSSR count). The molecule has 1 saturated heterocycles. The molecule has 1 heterocycles. The zero-order valence-corrected chi connectivity index (χ0v) is 11.2. The van der Waals surface area contributed by atoms with Crippen molar-refractivity contribution in [3.63, 3.8) is 0 Å². The van der Waals surface area contributed by atoms with Crippen LogP contribution in [0.4, 0.5) is 13.2 Å². The van der Waals surface area contributed by atoms with Crippen LogP contribution in [0.1, 0.15) is 22.8 Å². The number of aryl methyl sites for hydroxylation is 1. The molecule has 1 aromatic rings. The molecule has 1 N–H and O–H groups in total. The number of halogens is 3. The first-order chi connectivity index (χ1) is 8.89. The van der Waals surface area contributed by atoms with Crippen molar-refractivity contribution in [3.8, 4) is 0 Å². The summed E-state index contributed by atoms with van der Waals surface area (Å²) >= 11 is 1.67. The van der Waals surface area contributed by atoms with Gasteiger partial charge in [0.2, 0.25) is 0 Å². The number of aliphatic hydroxyl groups is 1. The Labute approximate surface area is 114 Å². The summed E-state index contributed by atoms with van der Waals surface area (Å²) in [5.74, 6) is 1.54. The van der Waals surface area contributed by atoms with E-state index in [9.17, 15) is 18.3 Å². The molecule has 0 aromatic heterocycles. The second-order valence-electron chi connectivity index (χ2n) is 4.50. The van der Waals surface area contributed by atoms with Crippen molar-refractivity contribution in [2.45, 2.75) is 25.3 Å². The Morgan fingerprint density at radius 2 is 2.16 bits per heavy atom. The van der Waals surface area contributed by atoms with Gasteiger partial charge < -0.3 is 9.84 Å². The van der Waals surface area contributed by atoms with E-state index in [1.807, 2.05) is 0 Å². The monoisotopic (exact) mass is 292 g/mol. The minimum absolute atomic E-state index is 0.353. The van der Waals surface area contributed by atoms with Crippen molar-refractivity contribution in [3.05, 3.63) is 34.9 Å². The number of thioether (sulfide) groups is 1. The fraction of sp³-hybridized carbons (Fsp3) is 0.538. The summed E-state index contributed by atoms with van der Waals surface area (Å²) in [5.41, 5.74) is 0.238. The molecule has 0 spiro atoms. The van der Waals surface area contributed by atoms with Crippen molar-refractivity contribution in [1.82, 2.24) is 0 Å². The molecule has 0 amide bonds. The highest BCUT2D eigenvalue weighted by Gasteiger charge is 2.32. The van der Waals surface area contributed by atoms with Crippen LogP contribution in [-0.2, 0) is 10.9 Å². The van der Waals surface area contributed by atoms with Gasteiger partial charge in [-0.05, 0) is 30.2 Å². The molecule has 0 saturated carbocycles. The van der Waals surface area contributed by atoms with Gasteiger partial charge in [-0.3, -0.25) is 0 Å². The summed E-state index contributed by atoms with van der Waals surface area (Å²) < 4.78 is 43.1. The fourth-order valence-electron chi connectivity index (χ4n) is 2.07. The predicted molar refractivity (Wildman–Crippen MR) is 68.2 cm³/mol. The molecule has 2 nitrogen and oxygen atoms in total. The van der Waals surface area contributed by atoms with Crippen molar-refractivity contribution >= 4 is 11.8 Å². The van der Waals surface area contributed by atoms with E-state index in [4.69, 9.17) is 4.74 Å². The molecule has 1 aromatic carbocycles. The summed E-state index contributed by atoms with van der Waals surface area (Å²) in [7, 11) is 0. The van der Waals surface area contributed by atoms with Gasteiger partial charge in [0.1, 0.15) is 6.10 Å². The molecule has 0 bridgehead atoms. The van der Waals surface area contributed by atoms with E-state index in [0.29, 0.717) is 23.5 Å². The maximum Gasteiger partial charge on any atom is 0.416 e. The third kappa shape index (κ3) is 3.43.